The van der Waals surface area contributed by atoms with Crippen molar-refractivity contribution in [1.82, 2.24) is 9.38 Å². The summed E-state index contributed by atoms with van der Waals surface area (Å²) in [6.07, 6.45) is 1.69. The van der Waals surface area contributed by atoms with E-state index in [0.717, 1.165) is 17.7 Å². The lowest BCUT2D eigenvalue weighted by molar-refractivity contribution is -0.885. The van der Waals surface area contributed by atoms with Crippen LogP contribution in [0.5, 0.6) is 0 Å². The highest BCUT2D eigenvalue weighted by molar-refractivity contribution is 5.91. The molecule has 0 aliphatic heterocycles. The molecule has 0 saturated heterocycles. The summed E-state index contributed by atoms with van der Waals surface area (Å²) in [5.74, 6) is -5.02. The average Bonchev–Trinajstić information content (AvgIpc) is 2.63. The Morgan fingerprint density at radius 3 is 2.68 bits per heavy atom. The van der Waals surface area contributed by atoms with E-state index in [9.17, 15) is 22.8 Å². The van der Waals surface area contributed by atoms with Crippen LogP contribution in [0.3, 0.4) is 0 Å². The Morgan fingerprint density at radius 1 is 1.18 bits per heavy atom. The number of carbonyl (C=O) groups excluding carboxylic acids is 1. The maximum atomic E-state index is 13.6. The number of nitrogens with one attached hydrogen (secondary N) is 2. The number of amides is 1. The van der Waals surface area contributed by atoms with Crippen molar-refractivity contribution >= 4 is 17.2 Å². The van der Waals surface area contributed by atoms with E-state index in [1.807, 2.05) is 13.0 Å². The van der Waals surface area contributed by atoms with Crippen LogP contribution in [0, 0.1) is 24.4 Å². The van der Waals surface area contributed by atoms with Gasteiger partial charge in [-0.05, 0) is 30.7 Å². The van der Waals surface area contributed by atoms with E-state index in [1.165, 1.54) is 10.5 Å². The van der Waals surface area contributed by atoms with Gasteiger partial charge in [-0.15, -0.1) is 0 Å². The van der Waals surface area contributed by atoms with Crippen molar-refractivity contribution in [2.24, 2.45) is 0 Å². The number of anilines is 1. The molecule has 0 radical (unpaired) electrons. The highest BCUT2D eigenvalue weighted by Gasteiger charge is 2.18. The number of fused-ring (bicyclic) bond motifs is 1. The number of likely N-dealkylation sites (N-methyl/N-ethyl adjacent to an activating group) is 1. The molecule has 1 aromatic carbocycles. The second-order valence-electron chi connectivity index (χ2n) is 6.60. The molecule has 2 aromatic heterocycles. The number of hydrogen-bond acceptors (Lipinski definition) is 3. The Bertz CT molecular complexity index is 1110. The molecule has 0 aliphatic carbocycles. The van der Waals surface area contributed by atoms with E-state index in [0.29, 0.717) is 16.2 Å². The van der Waals surface area contributed by atoms with Gasteiger partial charge in [-0.1, -0.05) is 6.07 Å². The first-order valence-corrected chi connectivity index (χ1v) is 8.48. The molecule has 6 nitrogen and oxygen atoms in total. The van der Waals surface area contributed by atoms with E-state index in [1.54, 1.807) is 19.3 Å². The first kappa shape index (κ1) is 19.6. The van der Waals surface area contributed by atoms with Gasteiger partial charge in [0.25, 0.3) is 11.5 Å². The van der Waals surface area contributed by atoms with Crippen molar-refractivity contribution in [1.29, 1.82) is 0 Å². The largest absolute Gasteiger partial charge is 0.325 e. The number of halogens is 3. The van der Waals surface area contributed by atoms with Crippen molar-refractivity contribution in [2.45, 2.75) is 13.5 Å². The van der Waals surface area contributed by atoms with Gasteiger partial charge in [0.05, 0.1) is 12.7 Å². The number of aromatic nitrogens is 2. The summed E-state index contributed by atoms with van der Waals surface area (Å²) in [6, 6.07) is 6.65. The fourth-order valence-electron chi connectivity index (χ4n) is 2.81. The van der Waals surface area contributed by atoms with E-state index in [2.05, 4.69) is 10.3 Å². The van der Waals surface area contributed by atoms with Crippen LogP contribution in [0.4, 0.5) is 18.9 Å². The zero-order valence-electron chi connectivity index (χ0n) is 15.2. The Kier molecular flexibility index (Phi) is 5.46. The molecule has 2 heterocycles. The smallest absolute Gasteiger partial charge is 0.279 e. The van der Waals surface area contributed by atoms with Crippen molar-refractivity contribution in [3.05, 3.63) is 75.6 Å². The van der Waals surface area contributed by atoms with E-state index in [-0.39, 0.29) is 18.6 Å². The molecule has 3 aromatic rings. The molecule has 0 spiro atoms. The highest BCUT2D eigenvalue weighted by Crippen LogP contribution is 2.19. The first-order valence-electron chi connectivity index (χ1n) is 8.48. The number of aryl methyl sites for hydroxylation is 1. The molecule has 3 rings (SSSR count). The number of pyridine rings is 1. The molecular formula is C19H18F3N4O2+. The molecule has 28 heavy (non-hydrogen) atoms. The normalized spacial score (nSPS) is 12.2. The Labute approximate surface area is 158 Å². The minimum Gasteiger partial charge on any atom is -0.325 e. The number of rotatable bonds is 5. The van der Waals surface area contributed by atoms with Gasteiger partial charge in [0, 0.05) is 12.3 Å². The van der Waals surface area contributed by atoms with Crippen LogP contribution in [0.15, 0.2) is 41.3 Å². The molecule has 1 amide bonds. The quantitative estimate of drug-likeness (QED) is 0.640. The van der Waals surface area contributed by atoms with E-state index in [4.69, 9.17) is 0 Å². The predicted octanol–water partition coefficient (Wildman–Crippen LogP) is 1.07. The summed E-state index contributed by atoms with van der Waals surface area (Å²) < 4.78 is 41.3. The second kappa shape index (κ2) is 7.81. The van der Waals surface area contributed by atoms with Crippen LogP contribution < -0.4 is 15.8 Å². The molecule has 1 atom stereocenters. The second-order valence-corrected chi connectivity index (χ2v) is 6.60. The molecule has 0 saturated carbocycles. The topological polar surface area (TPSA) is 67.9 Å². The molecule has 9 heteroatoms. The van der Waals surface area contributed by atoms with Gasteiger partial charge in [-0.2, -0.15) is 0 Å². The van der Waals surface area contributed by atoms with Gasteiger partial charge in [0.15, 0.2) is 24.0 Å². The average molecular weight is 391 g/mol. The fourth-order valence-corrected chi connectivity index (χ4v) is 2.81. The van der Waals surface area contributed by atoms with Crippen LogP contribution in [0.2, 0.25) is 0 Å². The Morgan fingerprint density at radius 2 is 1.93 bits per heavy atom. The van der Waals surface area contributed by atoms with Gasteiger partial charge in [-0.3, -0.25) is 14.0 Å². The molecular weight excluding hydrogens is 373 g/mol. The highest BCUT2D eigenvalue weighted by atomic mass is 19.2. The first-order chi connectivity index (χ1) is 13.2. The van der Waals surface area contributed by atoms with Crippen molar-refractivity contribution in [3.8, 4) is 0 Å². The minimum atomic E-state index is -1.64. The third-order valence-electron chi connectivity index (χ3n) is 4.12. The molecule has 2 N–H and O–H groups in total. The zero-order valence-corrected chi connectivity index (χ0v) is 15.2. The summed E-state index contributed by atoms with van der Waals surface area (Å²) in [6.45, 7) is 2.05. The van der Waals surface area contributed by atoms with Gasteiger partial charge in [0.1, 0.15) is 17.9 Å². The monoisotopic (exact) mass is 391 g/mol. The van der Waals surface area contributed by atoms with Gasteiger partial charge < -0.3 is 10.2 Å². The maximum absolute atomic E-state index is 13.6. The lowest BCUT2D eigenvalue weighted by Crippen LogP contribution is -3.08. The van der Waals surface area contributed by atoms with Gasteiger partial charge >= 0.3 is 0 Å². The van der Waals surface area contributed by atoms with Gasteiger partial charge in [-0.25, -0.2) is 18.2 Å². The molecule has 1 unspecified atom stereocenters. The number of nitrogens with zero attached hydrogens (tertiary/aromatic N) is 2. The van der Waals surface area contributed by atoms with E-state index < -0.39 is 29.0 Å². The maximum Gasteiger partial charge on any atom is 0.279 e. The van der Waals surface area contributed by atoms with Crippen LogP contribution in [-0.4, -0.2) is 28.9 Å². The number of carbonyl (C=O) groups is 1. The zero-order chi connectivity index (χ0) is 20.4. The van der Waals surface area contributed by atoms with Crippen LogP contribution in [0.25, 0.3) is 5.65 Å². The summed E-state index contributed by atoms with van der Waals surface area (Å²) in [5, 5.41) is 2.21. The van der Waals surface area contributed by atoms with Crippen LogP contribution in [0.1, 0.15) is 11.3 Å². The molecule has 146 valence electrons. The predicted molar refractivity (Wildman–Crippen MR) is 96.6 cm³/mol. The van der Waals surface area contributed by atoms with Crippen LogP contribution in [-0.2, 0) is 11.3 Å². The number of quaternary nitrogens is 1. The van der Waals surface area contributed by atoms with Crippen molar-refractivity contribution in [3.63, 3.8) is 0 Å². The van der Waals surface area contributed by atoms with Crippen molar-refractivity contribution in [2.75, 3.05) is 18.9 Å². The van der Waals surface area contributed by atoms with Crippen LogP contribution >= 0.6 is 0 Å². The Balaban J connectivity index is 1.68. The number of benzene rings is 1. The number of hydrogen-bond donors (Lipinski definition) is 2. The minimum absolute atomic E-state index is 0.0899. The Hall–Kier alpha value is -3.20. The standard InChI is InChI=1S/C19H17F3N4O2/c1-11-3-6-15-23-12(7-17(28)26(15)8-11)9-25(2)10-16(27)24-14-5-4-13(20)18(21)19(14)22/h3-8H,9-10H2,1-2H3,(H,24,27)/p+1. The lowest BCUT2D eigenvalue weighted by Gasteiger charge is -2.14. The molecule has 0 aliphatic rings. The SMILES string of the molecule is Cc1ccc2nc(C[NH+](C)CC(=O)Nc3ccc(F)c(F)c3F)cc(=O)n2c1. The summed E-state index contributed by atoms with van der Waals surface area (Å²) in [4.78, 5) is 29.4. The van der Waals surface area contributed by atoms with E-state index >= 15 is 0 Å². The summed E-state index contributed by atoms with van der Waals surface area (Å²) in [5.41, 5.74) is 1.25. The third kappa shape index (κ3) is 4.20. The van der Waals surface area contributed by atoms with Gasteiger partial charge in [0.2, 0.25) is 0 Å². The summed E-state index contributed by atoms with van der Waals surface area (Å²) >= 11 is 0. The third-order valence-corrected chi connectivity index (χ3v) is 4.12. The lowest BCUT2D eigenvalue weighted by atomic mass is 10.2. The van der Waals surface area contributed by atoms with Crippen molar-refractivity contribution < 1.29 is 22.9 Å². The summed E-state index contributed by atoms with van der Waals surface area (Å²) in [7, 11) is 1.69. The fraction of sp³-hybridized carbons (Fsp3) is 0.211. The molecule has 0 fully saturated rings. The molecule has 0 bridgehead atoms.